The second-order valence-electron chi connectivity index (χ2n) is 3.42. The van der Waals surface area contributed by atoms with Gasteiger partial charge in [-0.05, 0) is 31.5 Å². The van der Waals surface area contributed by atoms with Crippen LogP contribution in [0.15, 0.2) is 23.1 Å². The molecule has 0 aliphatic heterocycles. The van der Waals surface area contributed by atoms with Crippen LogP contribution >= 0.6 is 0 Å². The number of sulfone groups is 1. The highest BCUT2D eigenvalue weighted by molar-refractivity contribution is 7.90. The smallest absolute Gasteiger partial charge is 0.338 e. The molecule has 16 heavy (non-hydrogen) atoms. The molecular formula is C11H14O4S. The minimum absolute atomic E-state index is 0.165. The Hall–Kier alpha value is -1.36. The lowest BCUT2D eigenvalue weighted by atomic mass is 10.1. The number of esters is 1. The molecule has 0 N–H and O–H groups in total. The number of hydrogen-bond donors (Lipinski definition) is 0. The molecule has 5 heteroatoms. The second kappa shape index (κ2) is 4.65. The molecule has 0 unspecified atom stereocenters. The van der Waals surface area contributed by atoms with Crippen molar-refractivity contribution in [3.63, 3.8) is 0 Å². The Morgan fingerprint density at radius 1 is 1.38 bits per heavy atom. The van der Waals surface area contributed by atoms with Crippen LogP contribution in [-0.4, -0.2) is 27.2 Å². The summed E-state index contributed by atoms with van der Waals surface area (Å²) in [5.41, 5.74) is 0.730. The molecule has 0 fully saturated rings. The number of hydrogen-bond acceptors (Lipinski definition) is 4. The van der Waals surface area contributed by atoms with E-state index in [2.05, 4.69) is 0 Å². The van der Waals surface area contributed by atoms with Crippen LogP contribution in [0.2, 0.25) is 0 Å². The van der Waals surface area contributed by atoms with Gasteiger partial charge in [0, 0.05) is 6.26 Å². The van der Waals surface area contributed by atoms with Gasteiger partial charge in [-0.2, -0.15) is 0 Å². The quantitative estimate of drug-likeness (QED) is 0.755. The van der Waals surface area contributed by atoms with Gasteiger partial charge in [-0.15, -0.1) is 0 Å². The maximum Gasteiger partial charge on any atom is 0.338 e. The van der Waals surface area contributed by atoms with Crippen LogP contribution in [0.5, 0.6) is 0 Å². The van der Waals surface area contributed by atoms with E-state index in [1.54, 1.807) is 19.9 Å². The first-order valence-electron chi connectivity index (χ1n) is 4.84. The van der Waals surface area contributed by atoms with Crippen molar-refractivity contribution in [3.8, 4) is 0 Å². The second-order valence-corrected chi connectivity index (χ2v) is 5.41. The Bertz CT molecular complexity index is 503. The topological polar surface area (TPSA) is 60.4 Å². The molecule has 0 aromatic heterocycles. The van der Waals surface area contributed by atoms with Gasteiger partial charge in [0.25, 0.3) is 0 Å². The van der Waals surface area contributed by atoms with Gasteiger partial charge in [0.2, 0.25) is 0 Å². The van der Waals surface area contributed by atoms with Gasteiger partial charge in [0.1, 0.15) is 0 Å². The van der Waals surface area contributed by atoms with E-state index in [4.69, 9.17) is 4.74 Å². The molecular weight excluding hydrogens is 228 g/mol. The van der Waals surface area contributed by atoms with E-state index < -0.39 is 15.8 Å². The number of carbonyl (C=O) groups excluding carboxylic acids is 1. The maximum absolute atomic E-state index is 11.5. The lowest BCUT2D eigenvalue weighted by Gasteiger charge is -2.08. The first-order chi connectivity index (χ1) is 7.38. The van der Waals surface area contributed by atoms with E-state index in [1.165, 1.54) is 12.1 Å². The zero-order valence-corrected chi connectivity index (χ0v) is 10.3. The summed E-state index contributed by atoms with van der Waals surface area (Å²) in [6, 6.07) is 4.57. The Kier molecular flexibility index (Phi) is 3.70. The molecule has 1 aromatic carbocycles. The first-order valence-corrected chi connectivity index (χ1v) is 6.74. The molecule has 0 saturated carbocycles. The molecule has 4 nitrogen and oxygen atoms in total. The molecule has 0 spiro atoms. The van der Waals surface area contributed by atoms with Crippen LogP contribution in [0.1, 0.15) is 22.8 Å². The van der Waals surface area contributed by atoms with Gasteiger partial charge in [0.05, 0.1) is 17.1 Å². The molecule has 88 valence electrons. The lowest BCUT2D eigenvalue weighted by Crippen LogP contribution is -2.10. The van der Waals surface area contributed by atoms with Gasteiger partial charge in [-0.3, -0.25) is 0 Å². The summed E-state index contributed by atoms with van der Waals surface area (Å²) in [6.07, 6.45) is 1.12. The van der Waals surface area contributed by atoms with Crippen molar-refractivity contribution in [2.24, 2.45) is 0 Å². The summed E-state index contributed by atoms with van der Waals surface area (Å²) in [4.78, 5) is 11.7. The van der Waals surface area contributed by atoms with E-state index in [0.717, 1.165) is 6.26 Å². The van der Waals surface area contributed by atoms with Crippen LogP contribution in [0, 0.1) is 6.92 Å². The summed E-state index contributed by atoms with van der Waals surface area (Å²) < 4.78 is 27.7. The van der Waals surface area contributed by atoms with E-state index in [0.29, 0.717) is 11.1 Å². The maximum atomic E-state index is 11.5. The molecule has 0 aliphatic carbocycles. The zero-order valence-electron chi connectivity index (χ0n) is 9.48. The third-order valence-electron chi connectivity index (χ3n) is 2.18. The zero-order chi connectivity index (χ0) is 12.3. The molecule has 0 atom stereocenters. The van der Waals surface area contributed by atoms with Crippen molar-refractivity contribution < 1.29 is 17.9 Å². The Labute approximate surface area is 95.2 Å². The SMILES string of the molecule is CCOC(=O)c1cccc(S(C)(=O)=O)c1C. The lowest BCUT2D eigenvalue weighted by molar-refractivity contribution is 0.0525. The highest BCUT2D eigenvalue weighted by atomic mass is 32.2. The molecule has 0 saturated heterocycles. The minimum atomic E-state index is -3.31. The monoisotopic (exact) mass is 242 g/mol. The fourth-order valence-electron chi connectivity index (χ4n) is 1.45. The molecule has 0 heterocycles. The van der Waals surface area contributed by atoms with Crippen molar-refractivity contribution in [1.29, 1.82) is 0 Å². The van der Waals surface area contributed by atoms with E-state index in [1.807, 2.05) is 0 Å². The predicted octanol–water partition coefficient (Wildman–Crippen LogP) is 1.58. The van der Waals surface area contributed by atoms with Gasteiger partial charge >= 0.3 is 5.97 Å². The Morgan fingerprint density at radius 2 is 2.00 bits per heavy atom. The van der Waals surface area contributed by atoms with Crippen molar-refractivity contribution >= 4 is 15.8 Å². The van der Waals surface area contributed by atoms with Crippen molar-refractivity contribution in [2.45, 2.75) is 18.7 Å². The van der Waals surface area contributed by atoms with Gasteiger partial charge < -0.3 is 4.74 Å². The van der Waals surface area contributed by atoms with Crippen LogP contribution < -0.4 is 0 Å². The van der Waals surface area contributed by atoms with Crippen LogP contribution in [-0.2, 0) is 14.6 Å². The minimum Gasteiger partial charge on any atom is -0.462 e. The standard InChI is InChI=1S/C11H14O4S/c1-4-15-11(12)9-6-5-7-10(8(9)2)16(3,13)14/h5-7H,4H2,1-3H3. The van der Waals surface area contributed by atoms with Crippen LogP contribution in [0.25, 0.3) is 0 Å². The summed E-state index contributed by atoms with van der Waals surface area (Å²) >= 11 is 0. The average molecular weight is 242 g/mol. The summed E-state index contributed by atoms with van der Waals surface area (Å²) in [5, 5.41) is 0. The summed E-state index contributed by atoms with van der Waals surface area (Å²) in [5.74, 6) is -0.495. The summed E-state index contributed by atoms with van der Waals surface area (Å²) in [7, 11) is -3.31. The van der Waals surface area contributed by atoms with E-state index in [-0.39, 0.29) is 11.5 Å². The highest BCUT2D eigenvalue weighted by Crippen LogP contribution is 2.19. The van der Waals surface area contributed by atoms with Gasteiger partial charge in [-0.1, -0.05) is 6.07 Å². The molecule has 0 aliphatic rings. The normalized spacial score (nSPS) is 11.2. The molecule has 0 radical (unpaired) electrons. The molecule has 0 amide bonds. The van der Waals surface area contributed by atoms with Crippen LogP contribution in [0.3, 0.4) is 0 Å². The fourth-order valence-corrected chi connectivity index (χ4v) is 2.44. The largest absolute Gasteiger partial charge is 0.462 e. The van der Waals surface area contributed by atoms with Gasteiger partial charge in [0.15, 0.2) is 9.84 Å². The summed E-state index contributed by atoms with van der Waals surface area (Å²) in [6.45, 7) is 3.57. The molecule has 1 rings (SSSR count). The first kappa shape index (κ1) is 12.7. The predicted molar refractivity (Wildman–Crippen MR) is 60.2 cm³/mol. The molecule has 1 aromatic rings. The Balaban J connectivity index is 3.30. The number of carbonyl (C=O) groups is 1. The number of ether oxygens (including phenoxy) is 1. The van der Waals surface area contributed by atoms with E-state index in [9.17, 15) is 13.2 Å². The van der Waals surface area contributed by atoms with Crippen molar-refractivity contribution in [2.75, 3.05) is 12.9 Å². The third kappa shape index (κ3) is 2.61. The third-order valence-corrected chi connectivity index (χ3v) is 3.42. The highest BCUT2D eigenvalue weighted by Gasteiger charge is 2.17. The van der Waals surface area contributed by atoms with Crippen molar-refractivity contribution in [3.05, 3.63) is 29.3 Å². The van der Waals surface area contributed by atoms with Gasteiger partial charge in [-0.25, -0.2) is 13.2 Å². The Morgan fingerprint density at radius 3 is 2.50 bits per heavy atom. The van der Waals surface area contributed by atoms with E-state index >= 15 is 0 Å². The number of rotatable bonds is 3. The fraction of sp³-hybridized carbons (Fsp3) is 0.364. The van der Waals surface area contributed by atoms with Crippen LogP contribution in [0.4, 0.5) is 0 Å². The average Bonchev–Trinajstić information content (AvgIpc) is 2.16. The molecule has 0 bridgehead atoms. The van der Waals surface area contributed by atoms with Crippen molar-refractivity contribution in [1.82, 2.24) is 0 Å². The number of benzene rings is 1.